The van der Waals surface area contributed by atoms with Crippen LogP contribution in [0.4, 0.5) is 5.69 Å². The summed E-state index contributed by atoms with van der Waals surface area (Å²) in [5.74, 6) is -0.583. The smallest absolute Gasteiger partial charge is 0.271 e. The number of nitrogens with one attached hydrogen (secondary N) is 2. The molecule has 2 amide bonds. The van der Waals surface area contributed by atoms with Crippen LogP contribution >= 0.6 is 0 Å². The monoisotopic (exact) mass is 424 g/mol. The summed E-state index contributed by atoms with van der Waals surface area (Å²) < 4.78 is 0. The Kier molecular flexibility index (Phi) is 6.81. The van der Waals surface area contributed by atoms with E-state index in [0.29, 0.717) is 22.4 Å². The zero-order valence-electron chi connectivity index (χ0n) is 18.2. The molecule has 0 bridgehead atoms. The molecule has 0 aliphatic carbocycles. The van der Waals surface area contributed by atoms with Gasteiger partial charge >= 0.3 is 0 Å². The van der Waals surface area contributed by atoms with E-state index in [2.05, 4.69) is 36.6 Å². The predicted octanol–water partition coefficient (Wildman–Crippen LogP) is 4.87. The third-order valence-corrected chi connectivity index (χ3v) is 4.84. The molecule has 0 spiro atoms. The molecule has 2 N–H and O–H groups in total. The van der Waals surface area contributed by atoms with Crippen molar-refractivity contribution in [1.82, 2.24) is 5.43 Å². The van der Waals surface area contributed by atoms with Gasteiger partial charge in [0, 0.05) is 16.8 Å². The van der Waals surface area contributed by atoms with Crippen LogP contribution in [-0.4, -0.2) is 18.0 Å². The van der Waals surface area contributed by atoms with Gasteiger partial charge < -0.3 is 5.32 Å². The maximum Gasteiger partial charge on any atom is 0.271 e. The normalized spacial score (nSPS) is 11.1. The molecular weight excluding hydrogens is 400 g/mol. The molecule has 6 nitrogen and oxygen atoms in total. The molecule has 0 unspecified atom stereocenters. The van der Waals surface area contributed by atoms with E-state index >= 15 is 0 Å². The first-order chi connectivity index (χ1) is 15.3. The maximum atomic E-state index is 12.5. The highest BCUT2D eigenvalue weighted by atomic mass is 16.2. The average molecular weight is 425 g/mol. The highest BCUT2D eigenvalue weighted by molar-refractivity contribution is 6.04. The Hall–Kier alpha value is -4.24. The summed E-state index contributed by atoms with van der Waals surface area (Å²) in [6, 6.07) is 23.0. The second-order valence-electron chi connectivity index (χ2n) is 8.29. The minimum absolute atomic E-state index is 0.0253. The highest BCUT2D eigenvalue weighted by Crippen LogP contribution is 2.22. The molecule has 0 saturated carbocycles. The van der Waals surface area contributed by atoms with Gasteiger partial charge in [0.1, 0.15) is 0 Å². The Labute approximate surface area is 187 Å². The van der Waals surface area contributed by atoms with E-state index in [0.717, 1.165) is 11.1 Å². The van der Waals surface area contributed by atoms with Gasteiger partial charge in [-0.2, -0.15) is 10.4 Å². The Bertz CT molecular complexity index is 1160. The highest BCUT2D eigenvalue weighted by Gasteiger charge is 2.14. The van der Waals surface area contributed by atoms with E-state index in [4.69, 9.17) is 5.26 Å². The molecule has 6 heteroatoms. The summed E-state index contributed by atoms with van der Waals surface area (Å²) in [5, 5.41) is 15.6. The zero-order valence-corrected chi connectivity index (χ0v) is 18.2. The van der Waals surface area contributed by atoms with Gasteiger partial charge in [-0.05, 0) is 65.1 Å². The van der Waals surface area contributed by atoms with Crippen molar-refractivity contribution in [3.8, 4) is 6.07 Å². The lowest BCUT2D eigenvalue weighted by Gasteiger charge is -2.19. The van der Waals surface area contributed by atoms with Crippen LogP contribution in [0.3, 0.4) is 0 Å². The molecule has 3 aromatic rings. The summed E-state index contributed by atoms with van der Waals surface area (Å²) in [4.78, 5) is 24.7. The van der Waals surface area contributed by atoms with Gasteiger partial charge in [0.25, 0.3) is 11.8 Å². The number of hydrogen-bond donors (Lipinski definition) is 2. The van der Waals surface area contributed by atoms with Gasteiger partial charge in [-0.25, -0.2) is 5.43 Å². The van der Waals surface area contributed by atoms with Gasteiger partial charge in [0.2, 0.25) is 0 Å². The summed E-state index contributed by atoms with van der Waals surface area (Å²) in [6.07, 6.45) is 1.50. The first kappa shape index (κ1) is 22.4. The molecule has 0 aliphatic heterocycles. The molecular formula is C26H24N4O2. The quantitative estimate of drug-likeness (QED) is 0.452. The van der Waals surface area contributed by atoms with Gasteiger partial charge in [0.05, 0.1) is 17.8 Å². The first-order valence-electron chi connectivity index (χ1n) is 10.1. The largest absolute Gasteiger partial charge is 0.322 e. The molecule has 3 rings (SSSR count). The standard InChI is InChI=1S/C26H24N4O2/c1-26(2,3)22-12-8-20(9-13-22)24(31)29-23-14-10-21(11-15-23)25(32)30-28-17-19-6-4-18(16-27)5-7-19/h4-15,17H,1-3H3,(H,29,31)(H,30,32)/b28-17+. The van der Waals surface area contributed by atoms with E-state index in [1.54, 1.807) is 48.5 Å². The van der Waals surface area contributed by atoms with Crippen molar-refractivity contribution >= 4 is 23.7 Å². The van der Waals surface area contributed by atoms with Crippen LogP contribution in [0.5, 0.6) is 0 Å². The van der Waals surface area contributed by atoms with Crippen molar-refractivity contribution in [2.24, 2.45) is 5.10 Å². The topological polar surface area (TPSA) is 94.3 Å². The molecule has 0 aromatic heterocycles. The summed E-state index contributed by atoms with van der Waals surface area (Å²) in [6.45, 7) is 6.37. The molecule has 0 aliphatic rings. The number of benzene rings is 3. The maximum absolute atomic E-state index is 12.5. The number of anilines is 1. The van der Waals surface area contributed by atoms with Crippen LogP contribution in [0, 0.1) is 11.3 Å². The van der Waals surface area contributed by atoms with E-state index < -0.39 is 0 Å². The van der Waals surface area contributed by atoms with Gasteiger partial charge in [0.15, 0.2) is 0 Å². The van der Waals surface area contributed by atoms with Crippen molar-refractivity contribution in [3.63, 3.8) is 0 Å². The molecule has 160 valence electrons. The van der Waals surface area contributed by atoms with Crippen molar-refractivity contribution in [1.29, 1.82) is 5.26 Å². The summed E-state index contributed by atoms with van der Waals surface area (Å²) in [5.41, 5.74) is 6.53. The van der Waals surface area contributed by atoms with Gasteiger partial charge in [-0.1, -0.05) is 45.0 Å². The number of hydrazone groups is 1. The lowest BCUT2D eigenvalue weighted by molar-refractivity contribution is 0.0954. The fraction of sp³-hybridized carbons (Fsp3) is 0.154. The number of rotatable bonds is 5. The molecule has 3 aromatic carbocycles. The number of nitrogens with zero attached hydrogens (tertiary/aromatic N) is 2. The van der Waals surface area contributed by atoms with Crippen LogP contribution in [0.1, 0.15) is 58.2 Å². The number of amides is 2. The van der Waals surface area contributed by atoms with Crippen LogP contribution in [-0.2, 0) is 5.41 Å². The number of carbonyl (C=O) groups excluding carboxylic acids is 2. The predicted molar refractivity (Wildman–Crippen MR) is 126 cm³/mol. The van der Waals surface area contributed by atoms with Crippen LogP contribution in [0.15, 0.2) is 77.9 Å². The lowest BCUT2D eigenvalue weighted by atomic mass is 9.87. The third-order valence-electron chi connectivity index (χ3n) is 4.84. The fourth-order valence-corrected chi connectivity index (χ4v) is 2.90. The van der Waals surface area contributed by atoms with Crippen LogP contribution < -0.4 is 10.7 Å². The van der Waals surface area contributed by atoms with Crippen molar-refractivity contribution in [2.45, 2.75) is 26.2 Å². The van der Waals surface area contributed by atoms with Gasteiger partial charge in [-0.15, -0.1) is 0 Å². The number of carbonyl (C=O) groups is 2. The second-order valence-corrected chi connectivity index (χ2v) is 8.29. The third kappa shape index (κ3) is 5.89. The van der Waals surface area contributed by atoms with Gasteiger partial charge in [-0.3, -0.25) is 9.59 Å². The Morgan fingerprint density at radius 3 is 1.97 bits per heavy atom. The molecule has 0 heterocycles. The van der Waals surface area contributed by atoms with Crippen LogP contribution in [0.25, 0.3) is 0 Å². The first-order valence-corrected chi connectivity index (χ1v) is 10.1. The minimum Gasteiger partial charge on any atom is -0.322 e. The lowest BCUT2D eigenvalue weighted by Crippen LogP contribution is -2.18. The minimum atomic E-state index is -0.370. The molecule has 0 fully saturated rings. The molecule has 0 saturated heterocycles. The van der Waals surface area contributed by atoms with Crippen molar-refractivity contribution < 1.29 is 9.59 Å². The fourth-order valence-electron chi connectivity index (χ4n) is 2.90. The molecule has 0 radical (unpaired) electrons. The average Bonchev–Trinajstić information content (AvgIpc) is 2.79. The van der Waals surface area contributed by atoms with E-state index in [9.17, 15) is 9.59 Å². The number of nitriles is 1. The van der Waals surface area contributed by atoms with E-state index in [1.807, 2.05) is 30.3 Å². The Balaban J connectivity index is 1.56. The number of hydrogen-bond acceptors (Lipinski definition) is 4. The second kappa shape index (κ2) is 9.71. The van der Waals surface area contributed by atoms with E-state index in [-0.39, 0.29) is 17.2 Å². The zero-order chi connectivity index (χ0) is 23.1. The molecule has 0 atom stereocenters. The Morgan fingerprint density at radius 1 is 0.844 bits per heavy atom. The van der Waals surface area contributed by atoms with E-state index in [1.165, 1.54) is 6.21 Å². The Morgan fingerprint density at radius 2 is 1.41 bits per heavy atom. The van der Waals surface area contributed by atoms with Crippen LogP contribution in [0.2, 0.25) is 0 Å². The van der Waals surface area contributed by atoms with Crippen molar-refractivity contribution in [3.05, 3.63) is 101 Å². The van der Waals surface area contributed by atoms with Crippen molar-refractivity contribution in [2.75, 3.05) is 5.32 Å². The molecule has 32 heavy (non-hydrogen) atoms. The summed E-state index contributed by atoms with van der Waals surface area (Å²) in [7, 11) is 0. The SMILES string of the molecule is CC(C)(C)c1ccc(C(=O)Nc2ccc(C(=O)N/N=C/c3ccc(C#N)cc3)cc2)cc1. The summed E-state index contributed by atoms with van der Waals surface area (Å²) >= 11 is 0.